The second-order valence-electron chi connectivity index (χ2n) is 12.5. The van der Waals surface area contributed by atoms with Crippen molar-refractivity contribution >= 4 is 29.1 Å². The molecule has 1 unspecified atom stereocenters. The van der Waals surface area contributed by atoms with Gasteiger partial charge in [-0.15, -0.1) is 0 Å². The Morgan fingerprint density at radius 3 is 1.54 bits per heavy atom. The summed E-state index contributed by atoms with van der Waals surface area (Å²) in [5, 5.41) is 6.19. The van der Waals surface area contributed by atoms with Crippen molar-refractivity contribution in [2.24, 2.45) is 9.98 Å². The van der Waals surface area contributed by atoms with E-state index >= 15 is 0 Å². The number of benzene rings is 4. The van der Waals surface area contributed by atoms with Crippen LogP contribution >= 0.6 is 0 Å². The molecule has 4 nitrogen and oxygen atoms in total. The van der Waals surface area contributed by atoms with E-state index in [-0.39, 0.29) is 0 Å². The first-order valence-electron chi connectivity index (χ1n) is 16.3. The monoisotopic (exact) mass is 616 g/mol. The Morgan fingerprint density at radius 1 is 0.458 bits per heavy atom. The summed E-state index contributed by atoms with van der Waals surface area (Å²) in [5.41, 5.74) is 8.79. The molecule has 0 saturated heterocycles. The Hall–Kier alpha value is -6.26. The molecule has 4 heteroatoms. The summed E-state index contributed by atoms with van der Waals surface area (Å²) in [4.78, 5) is 13.8. The van der Waals surface area contributed by atoms with Crippen LogP contribution in [0.3, 0.4) is 0 Å². The van der Waals surface area contributed by atoms with Gasteiger partial charge in [0.25, 0.3) is 0 Å². The SMILES string of the molecule is C1=CC2=NC1=CC1=C(c3ccccc3)C(c3ccccc3)(c3ccccc3)C(c3ccccc3)(C=C3C=CC(=N3)C=c3ccc([nH]3)=C2)N1. The van der Waals surface area contributed by atoms with Gasteiger partial charge in [0.2, 0.25) is 0 Å². The van der Waals surface area contributed by atoms with Crippen LogP contribution in [0.25, 0.3) is 17.7 Å². The number of H-pyrrole nitrogens is 1. The quantitative estimate of drug-likeness (QED) is 0.219. The van der Waals surface area contributed by atoms with Gasteiger partial charge in [-0.3, -0.25) is 0 Å². The van der Waals surface area contributed by atoms with E-state index in [0.29, 0.717) is 0 Å². The minimum absolute atomic E-state index is 0.740. The topological polar surface area (TPSA) is 52.5 Å². The molecule has 1 atom stereocenters. The first-order chi connectivity index (χ1) is 23.7. The molecule has 0 saturated carbocycles. The molecule has 0 spiro atoms. The minimum Gasteiger partial charge on any atom is -0.370 e. The summed E-state index contributed by atoms with van der Waals surface area (Å²) in [6, 6.07) is 47.6. The van der Waals surface area contributed by atoms with E-state index in [1.54, 1.807) is 0 Å². The molecule has 4 aliphatic rings. The molecule has 0 fully saturated rings. The van der Waals surface area contributed by atoms with Crippen LogP contribution in [0.5, 0.6) is 0 Å². The van der Waals surface area contributed by atoms with Crippen LogP contribution in [0, 0.1) is 0 Å². The third kappa shape index (κ3) is 4.45. The fourth-order valence-corrected chi connectivity index (χ4v) is 7.75. The third-order valence-electron chi connectivity index (χ3n) is 9.63. The van der Waals surface area contributed by atoms with Gasteiger partial charge in [0.1, 0.15) is 5.54 Å². The van der Waals surface area contributed by atoms with Gasteiger partial charge in [-0.25, -0.2) is 9.98 Å². The Balaban J connectivity index is 1.48. The Morgan fingerprint density at radius 2 is 0.958 bits per heavy atom. The van der Waals surface area contributed by atoms with Crippen LogP contribution in [0.4, 0.5) is 0 Å². The number of aromatic nitrogens is 1. The number of nitrogens with one attached hydrogen (secondary N) is 2. The highest BCUT2D eigenvalue weighted by Crippen LogP contribution is 2.61. The zero-order chi connectivity index (χ0) is 32.0. The summed E-state index contributed by atoms with van der Waals surface area (Å²) in [6.45, 7) is 0. The molecule has 4 aromatic carbocycles. The van der Waals surface area contributed by atoms with E-state index < -0.39 is 11.0 Å². The van der Waals surface area contributed by atoms with Gasteiger partial charge in [-0.05, 0) is 83.0 Å². The Bertz CT molecular complexity index is 2350. The van der Waals surface area contributed by atoms with E-state index in [1.807, 2.05) is 0 Å². The van der Waals surface area contributed by atoms with Crippen molar-refractivity contribution in [3.05, 3.63) is 220 Å². The first-order valence-corrected chi connectivity index (χ1v) is 16.3. The summed E-state index contributed by atoms with van der Waals surface area (Å²) in [5.74, 6) is 0. The van der Waals surface area contributed by atoms with Crippen LogP contribution in [0.15, 0.2) is 197 Å². The fraction of sp³-hybridized carbons (Fsp3) is 0.0455. The molecule has 1 aromatic heterocycles. The molecule has 48 heavy (non-hydrogen) atoms. The van der Waals surface area contributed by atoms with Crippen molar-refractivity contribution in [2.75, 3.05) is 0 Å². The lowest BCUT2D eigenvalue weighted by Gasteiger charge is -2.48. The Labute approximate surface area is 279 Å². The predicted octanol–water partition coefficient (Wildman–Crippen LogP) is 7.28. The van der Waals surface area contributed by atoms with Crippen molar-refractivity contribution in [3.63, 3.8) is 0 Å². The third-order valence-corrected chi connectivity index (χ3v) is 9.63. The highest BCUT2D eigenvalue weighted by Gasteiger charge is 2.61. The standard InChI is InChI=1S/C44H32N4/c1-5-13-31(14-6-1)42-41-29-39-24-23-37(46-39)27-35-21-22-36(45-35)28-38-25-26-40(47-38)30-43(48-41,32-15-7-2-8-16-32)44(42,33-17-9-3-10-18-33)34-19-11-4-12-20-34/h1-30,45,48H. The lowest BCUT2D eigenvalue weighted by Crippen LogP contribution is -2.53. The molecule has 8 bridgehead atoms. The van der Waals surface area contributed by atoms with Crippen LogP contribution in [-0.4, -0.2) is 16.4 Å². The molecule has 2 N–H and O–H groups in total. The van der Waals surface area contributed by atoms with Crippen LogP contribution in [-0.2, 0) is 11.0 Å². The highest BCUT2D eigenvalue weighted by molar-refractivity contribution is 6.20. The van der Waals surface area contributed by atoms with Crippen molar-refractivity contribution in [1.29, 1.82) is 0 Å². The van der Waals surface area contributed by atoms with Crippen molar-refractivity contribution in [2.45, 2.75) is 11.0 Å². The smallest absolute Gasteiger partial charge is 0.101 e. The van der Waals surface area contributed by atoms with E-state index in [0.717, 1.165) is 50.3 Å². The highest BCUT2D eigenvalue weighted by atomic mass is 15.1. The van der Waals surface area contributed by atoms with Gasteiger partial charge < -0.3 is 10.3 Å². The van der Waals surface area contributed by atoms with Crippen LogP contribution in [0.2, 0.25) is 0 Å². The number of hydrogen-bond acceptors (Lipinski definition) is 3. The number of aliphatic imine (C=N–C) groups is 2. The van der Waals surface area contributed by atoms with E-state index in [4.69, 9.17) is 9.98 Å². The summed E-state index contributed by atoms with van der Waals surface area (Å²) in [7, 11) is 0. The molecule has 0 radical (unpaired) electrons. The van der Waals surface area contributed by atoms with Gasteiger partial charge in [0, 0.05) is 22.0 Å². The Kier molecular flexibility index (Phi) is 6.54. The maximum absolute atomic E-state index is 5.20. The van der Waals surface area contributed by atoms with Gasteiger partial charge in [-0.2, -0.15) is 0 Å². The van der Waals surface area contributed by atoms with Crippen LogP contribution in [0.1, 0.15) is 22.3 Å². The average molecular weight is 617 g/mol. The second kappa shape index (κ2) is 11.2. The van der Waals surface area contributed by atoms with Gasteiger partial charge >= 0.3 is 0 Å². The van der Waals surface area contributed by atoms with E-state index in [2.05, 4.69) is 192 Å². The molecule has 0 amide bonds. The lowest BCUT2D eigenvalue weighted by molar-refractivity contribution is 0.374. The molecule has 0 aliphatic carbocycles. The van der Waals surface area contributed by atoms with E-state index in [1.165, 1.54) is 16.7 Å². The zero-order valence-electron chi connectivity index (χ0n) is 26.2. The van der Waals surface area contributed by atoms with Gasteiger partial charge in [0.15, 0.2) is 0 Å². The largest absolute Gasteiger partial charge is 0.370 e. The number of rotatable bonds is 4. The molecular formula is C44H32N4. The van der Waals surface area contributed by atoms with E-state index in [9.17, 15) is 0 Å². The van der Waals surface area contributed by atoms with Gasteiger partial charge in [0.05, 0.1) is 28.2 Å². The van der Waals surface area contributed by atoms with Crippen molar-refractivity contribution in [1.82, 2.24) is 10.3 Å². The van der Waals surface area contributed by atoms with Crippen molar-refractivity contribution in [3.8, 4) is 0 Å². The second-order valence-corrected chi connectivity index (χ2v) is 12.5. The number of nitrogens with zero attached hydrogens (tertiary/aromatic N) is 2. The molecule has 5 aromatic rings. The number of allylic oxidation sites excluding steroid dienone is 5. The predicted molar refractivity (Wildman–Crippen MR) is 197 cm³/mol. The molecule has 4 aliphatic heterocycles. The fourth-order valence-electron chi connectivity index (χ4n) is 7.75. The maximum Gasteiger partial charge on any atom is 0.101 e. The molecular weight excluding hydrogens is 585 g/mol. The zero-order valence-corrected chi connectivity index (χ0v) is 26.2. The minimum atomic E-state index is -0.815. The number of hydrogen-bond donors (Lipinski definition) is 2. The first kappa shape index (κ1) is 28.0. The number of aromatic amines is 1. The lowest BCUT2D eigenvalue weighted by atomic mass is 9.55. The normalized spacial score (nSPS) is 20.2. The summed E-state index contributed by atoms with van der Waals surface area (Å²) >= 11 is 0. The maximum atomic E-state index is 5.20. The van der Waals surface area contributed by atoms with Crippen LogP contribution < -0.4 is 16.0 Å². The molecule has 228 valence electrons. The summed E-state index contributed by atoms with van der Waals surface area (Å²) in [6.07, 6.45) is 17.1. The summed E-state index contributed by atoms with van der Waals surface area (Å²) < 4.78 is 0. The van der Waals surface area contributed by atoms with Crippen molar-refractivity contribution < 1.29 is 0 Å². The van der Waals surface area contributed by atoms with Gasteiger partial charge in [-0.1, -0.05) is 121 Å². The molecule has 9 rings (SSSR count). The number of fused-ring (bicyclic) bond motifs is 6. The molecule has 5 heterocycles. The average Bonchev–Trinajstić information content (AvgIpc) is 3.94.